The van der Waals surface area contributed by atoms with Crippen LogP contribution >= 0.6 is 0 Å². The molecule has 63 heavy (non-hydrogen) atoms. The number of ether oxygens (including phenoxy) is 1. The van der Waals surface area contributed by atoms with Crippen molar-refractivity contribution in [2.45, 2.75) is 64.5 Å². The van der Waals surface area contributed by atoms with Gasteiger partial charge in [0, 0.05) is 76.7 Å². The predicted molar refractivity (Wildman–Crippen MR) is 229 cm³/mol. The number of nitrogens with zero attached hydrogens (tertiary/aromatic N) is 9. The molecule has 4 fully saturated rings. The molecule has 6 heterocycles. The molecule has 0 aliphatic carbocycles. The van der Waals surface area contributed by atoms with Crippen molar-refractivity contribution in [2.24, 2.45) is 17.6 Å². The molecule has 2 aromatic carbocycles. The maximum atomic E-state index is 15.7. The molecule has 8 rings (SSSR count). The molecule has 0 spiro atoms. The molecule has 4 N–H and O–H groups in total. The molecular formula is C43H53FN12O7. The van der Waals surface area contributed by atoms with Crippen molar-refractivity contribution in [1.29, 1.82) is 0 Å². The van der Waals surface area contributed by atoms with Crippen LogP contribution in [0.5, 0.6) is 0 Å². The highest BCUT2D eigenvalue weighted by molar-refractivity contribution is 6.23. The normalized spacial score (nSPS) is 21.4. The van der Waals surface area contributed by atoms with Crippen LogP contribution in [0.4, 0.5) is 33.2 Å². The molecule has 0 radical (unpaired) electrons. The molecule has 3 aromatic rings. The van der Waals surface area contributed by atoms with E-state index in [2.05, 4.69) is 35.7 Å². The van der Waals surface area contributed by atoms with Gasteiger partial charge in [0.2, 0.25) is 11.9 Å². The fourth-order valence-electron chi connectivity index (χ4n) is 9.14. The summed E-state index contributed by atoms with van der Waals surface area (Å²) >= 11 is 0. The molecular weight excluding hydrogens is 816 g/mol. The Balaban J connectivity index is 0.849. The van der Waals surface area contributed by atoms with Gasteiger partial charge >= 0.3 is 5.97 Å². The number of piperazine rings is 1. The number of primary amides is 1. The topological polar surface area (TPSA) is 220 Å². The molecule has 334 valence electrons. The van der Waals surface area contributed by atoms with Crippen LogP contribution in [-0.2, 0) is 19.1 Å². The van der Waals surface area contributed by atoms with E-state index in [0.29, 0.717) is 36.3 Å². The number of amides is 5. The number of carbonyl (C=O) groups excluding carboxylic acids is 6. The molecule has 19 nitrogen and oxygen atoms in total. The molecule has 1 aromatic heterocycles. The minimum absolute atomic E-state index is 0.0251. The van der Waals surface area contributed by atoms with Gasteiger partial charge in [-0.05, 0) is 80.3 Å². The molecule has 0 saturated carbocycles. The summed E-state index contributed by atoms with van der Waals surface area (Å²) in [7, 11) is 1.21. The molecule has 5 amide bonds. The smallest absolute Gasteiger partial charge is 0.324 e. The van der Waals surface area contributed by atoms with Gasteiger partial charge in [-0.15, -0.1) is 10.2 Å². The lowest BCUT2D eigenvalue weighted by molar-refractivity contribution is -0.160. The number of esters is 1. The Labute approximate surface area is 364 Å². The van der Waals surface area contributed by atoms with Crippen LogP contribution in [-0.4, -0.2) is 144 Å². The van der Waals surface area contributed by atoms with Crippen molar-refractivity contribution in [3.63, 3.8) is 0 Å². The van der Waals surface area contributed by atoms with Crippen LogP contribution in [0.3, 0.4) is 0 Å². The van der Waals surface area contributed by atoms with Gasteiger partial charge < -0.3 is 30.5 Å². The first-order valence-electron chi connectivity index (χ1n) is 21.6. The average molecular weight is 869 g/mol. The third-order valence-electron chi connectivity index (χ3n) is 12.6. The van der Waals surface area contributed by atoms with Crippen LogP contribution < -0.4 is 31.2 Å². The SMILES string of the molecule is COC(=O)C(NN1C(=O)CCC(N2C(=O)c3ccc(N4CCC(CN5CCN(c6ccc(Nc7nc(N8CCCCC8)nnc7C(N)=O)cc6F)CC5)C4)cc3C2=O)C1=O)C(C)C. The summed E-state index contributed by atoms with van der Waals surface area (Å²) < 4.78 is 20.5. The lowest BCUT2D eigenvalue weighted by Gasteiger charge is -2.37. The number of aromatic nitrogens is 3. The number of imide groups is 2. The fraction of sp³-hybridized carbons (Fsp3) is 0.512. The van der Waals surface area contributed by atoms with E-state index in [-0.39, 0.29) is 41.4 Å². The van der Waals surface area contributed by atoms with E-state index in [1.165, 1.54) is 13.2 Å². The molecule has 0 bridgehead atoms. The molecule has 20 heteroatoms. The standard InChI is InChI=1S/C43H53FN12O7/c1-25(2)35(42(62)63-3)50-56-34(57)12-11-33(41(56)61)55-39(59)29-9-8-28(22-30(29)40(55)60)54-16-13-26(24-54)23-51-17-19-52(20-18-51)32-10-7-27(21-31(32)44)46-38-36(37(45)58)48-49-43(47-38)53-14-5-4-6-15-53/h7-10,21-22,25-26,33,35,50H,4-6,11-20,23-24H2,1-3H3,(H2,45,58)(H,46,47,49). The average Bonchev–Trinajstić information content (AvgIpc) is 3.84. The maximum absolute atomic E-state index is 15.7. The highest BCUT2D eigenvalue weighted by Gasteiger charge is 2.48. The van der Waals surface area contributed by atoms with E-state index < -0.39 is 53.4 Å². The Bertz CT molecular complexity index is 2300. The van der Waals surface area contributed by atoms with E-state index >= 15 is 4.39 Å². The van der Waals surface area contributed by atoms with Gasteiger partial charge in [0.1, 0.15) is 17.9 Å². The van der Waals surface area contributed by atoms with Gasteiger partial charge in [-0.3, -0.25) is 38.6 Å². The number of carbonyl (C=O) groups is 6. The van der Waals surface area contributed by atoms with E-state index in [0.717, 1.165) is 87.1 Å². The summed E-state index contributed by atoms with van der Waals surface area (Å²) in [5.74, 6) is -3.87. The summed E-state index contributed by atoms with van der Waals surface area (Å²) in [4.78, 5) is 92.5. The van der Waals surface area contributed by atoms with E-state index in [9.17, 15) is 28.8 Å². The van der Waals surface area contributed by atoms with Crippen molar-refractivity contribution < 1.29 is 37.9 Å². The lowest BCUT2D eigenvalue weighted by atomic mass is 10.0. The Morgan fingerprint density at radius 3 is 2.32 bits per heavy atom. The number of anilines is 5. The van der Waals surface area contributed by atoms with Crippen molar-refractivity contribution in [3.8, 4) is 0 Å². The predicted octanol–water partition coefficient (Wildman–Crippen LogP) is 2.31. The van der Waals surface area contributed by atoms with Crippen LogP contribution in [0.15, 0.2) is 36.4 Å². The summed E-state index contributed by atoms with van der Waals surface area (Å²) in [5, 5.41) is 11.9. The number of nitrogens with two attached hydrogens (primary N) is 1. The second kappa shape index (κ2) is 18.2. The summed E-state index contributed by atoms with van der Waals surface area (Å²) in [5.41, 5.74) is 10.2. The second-order valence-electron chi connectivity index (χ2n) is 17.1. The van der Waals surface area contributed by atoms with Gasteiger partial charge in [0.25, 0.3) is 23.6 Å². The second-order valence-corrected chi connectivity index (χ2v) is 17.1. The van der Waals surface area contributed by atoms with Crippen LogP contribution in [0, 0.1) is 17.7 Å². The van der Waals surface area contributed by atoms with E-state index in [1.54, 1.807) is 38.1 Å². The number of hydrogen-bond acceptors (Lipinski definition) is 16. The monoisotopic (exact) mass is 868 g/mol. The third kappa shape index (κ3) is 8.86. The van der Waals surface area contributed by atoms with Crippen molar-refractivity contribution in [1.82, 2.24) is 35.4 Å². The Kier molecular flexibility index (Phi) is 12.5. The molecule has 4 saturated heterocycles. The number of hydrazine groups is 1. The number of rotatable bonds is 13. The van der Waals surface area contributed by atoms with Crippen molar-refractivity contribution in [3.05, 3.63) is 59.0 Å². The molecule has 3 atom stereocenters. The Morgan fingerprint density at radius 1 is 0.873 bits per heavy atom. The maximum Gasteiger partial charge on any atom is 0.324 e. The van der Waals surface area contributed by atoms with Gasteiger partial charge in [-0.2, -0.15) is 4.98 Å². The zero-order chi connectivity index (χ0) is 44.5. The molecule has 5 aliphatic heterocycles. The zero-order valence-electron chi connectivity index (χ0n) is 35.7. The number of benzene rings is 2. The lowest BCUT2D eigenvalue weighted by Crippen LogP contribution is -2.63. The largest absolute Gasteiger partial charge is 0.468 e. The minimum Gasteiger partial charge on any atom is -0.468 e. The summed E-state index contributed by atoms with van der Waals surface area (Å²) in [6.07, 6.45) is 3.94. The summed E-state index contributed by atoms with van der Waals surface area (Å²) in [6.45, 7) is 10.1. The first-order valence-corrected chi connectivity index (χ1v) is 21.6. The Morgan fingerprint density at radius 2 is 1.62 bits per heavy atom. The van der Waals surface area contributed by atoms with Crippen molar-refractivity contribution >= 4 is 64.3 Å². The number of nitrogens with one attached hydrogen (secondary N) is 2. The number of fused-ring (bicyclic) bond motifs is 1. The Hall–Kier alpha value is -6.28. The first-order chi connectivity index (χ1) is 30.3. The zero-order valence-corrected chi connectivity index (χ0v) is 35.7. The number of halogens is 1. The van der Waals surface area contributed by atoms with Gasteiger partial charge in [0.15, 0.2) is 11.5 Å². The number of piperidine rings is 2. The molecule has 5 aliphatic rings. The third-order valence-corrected chi connectivity index (χ3v) is 12.6. The van der Waals surface area contributed by atoms with E-state index in [1.807, 2.05) is 15.9 Å². The van der Waals surface area contributed by atoms with Gasteiger partial charge in [-0.25, -0.2) is 14.8 Å². The molecule has 3 unspecified atom stereocenters. The van der Waals surface area contributed by atoms with Crippen LogP contribution in [0.2, 0.25) is 0 Å². The van der Waals surface area contributed by atoms with Crippen LogP contribution in [0.1, 0.15) is 83.6 Å². The van der Waals surface area contributed by atoms with Crippen molar-refractivity contribution in [2.75, 3.05) is 86.0 Å². The number of methoxy groups -OCH3 is 1. The fourth-order valence-corrected chi connectivity index (χ4v) is 9.14. The highest BCUT2D eigenvalue weighted by atomic mass is 19.1. The summed E-state index contributed by atoms with van der Waals surface area (Å²) in [6, 6.07) is 7.78. The van der Waals surface area contributed by atoms with Gasteiger partial charge in [-0.1, -0.05) is 13.8 Å². The first kappa shape index (κ1) is 43.4. The number of hydrogen-bond donors (Lipinski definition) is 3. The minimum atomic E-state index is -1.22. The van der Waals surface area contributed by atoms with Gasteiger partial charge in [0.05, 0.1) is 23.9 Å². The van der Waals surface area contributed by atoms with Crippen LogP contribution in [0.25, 0.3) is 0 Å². The quantitative estimate of drug-likeness (QED) is 0.166. The highest BCUT2D eigenvalue weighted by Crippen LogP contribution is 2.34. The van der Waals surface area contributed by atoms with E-state index in [4.69, 9.17) is 10.5 Å².